The summed E-state index contributed by atoms with van der Waals surface area (Å²) in [6, 6.07) is 8.57. The van der Waals surface area contributed by atoms with Crippen LogP contribution in [0.1, 0.15) is 43.9 Å². The molecule has 0 fully saturated rings. The van der Waals surface area contributed by atoms with Crippen LogP contribution in [-0.4, -0.2) is 11.7 Å². The molecule has 0 aromatic heterocycles. The quantitative estimate of drug-likeness (QED) is 0.908. The molecule has 1 unspecified atom stereocenters. The highest BCUT2D eigenvalue weighted by Gasteiger charge is 2.32. The van der Waals surface area contributed by atoms with Gasteiger partial charge in [-0.15, -0.1) is 0 Å². The molecule has 0 saturated heterocycles. The first-order valence-electron chi connectivity index (χ1n) is 7.81. The van der Waals surface area contributed by atoms with Crippen molar-refractivity contribution in [3.63, 3.8) is 0 Å². The Labute approximate surface area is 126 Å². The molecule has 2 nitrogen and oxygen atoms in total. The Morgan fingerprint density at radius 2 is 2.00 bits per heavy atom. The van der Waals surface area contributed by atoms with Gasteiger partial charge in [0.25, 0.3) is 0 Å². The molecule has 0 saturated carbocycles. The van der Waals surface area contributed by atoms with Crippen molar-refractivity contribution in [1.29, 1.82) is 0 Å². The lowest BCUT2D eigenvalue weighted by Crippen LogP contribution is -2.33. The number of hydrogen-bond donors (Lipinski definition) is 1. The standard InChI is InChI=1S/C19H24O2/c1-12(2)5-7-14-8-10-16-17-15(14)9-6-13(3)18(17)21-11-19(16,4)20/h6,8-10,12,20H,5,7,11H2,1-4H3. The summed E-state index contributed by atoms with van der Waals surface area (Å²) in [7, 11) is 0. The summed E-state index contributed by atoms with van der Waals surface area (Å²) in [6.45, 7) is 8.73. The second-order valence-electron chi connectivity index (χ2n) is 6.90. The third-order valence-corrected chi connectivity index (χ3v) is 4.49. The van der Waals surface area contributed by atoms with Crippen molar-refractivity contribution in [2.45, 2.75) is 46.1 Å². The summed E-state index contributed by atoms with van der Waals surface area (Å²) in [5.41, 5.74) is 2.58. The third kappa shape index (κ3) is 2.42. The SMILES string of the molecule is Cc1ccc2c(CCC(C)C)ccc3c2c1OCC3(C)O. The Kier molecular flexibility index (Phi) is 3.45. The molecule has 0 amide bonds. The zero-order valence-electron chi connectivity index (χ0n) is 13.4. The van der Waals surface area contributed by atoms with Gasteiger partial charge >= 0.3 is 0 Å². The third-order valence-electron chi connectivity index (χ3n) is 4.49. The van der Waals surface area contributed by atoms with Gasteiger partial charge in [0.05, 0.1) is 0 Å². The first kappa shape index (κ1) is 14.4. The van der Waals surface area contributed by atoms with Crippen molar-refractivity contribution >= 4 is 10.8 Å². The van der Waals surface area contributed by atoms with Gasteiger partial charge in [-0.2, -0.15) is 0 Å². The molecule has 21 heavy (non-hydrogen) atoms. The van der Waals surface area contributed by atoms with Crippen molar-refractivity contribution in [1.82, 2.24) is 0 Å². The smallest absolute Gasteiger partial charge is 0.130 e. The zero-order valence-corrected chi connectivity index (χ0v) is 13.4. The summed E-state index contributed by atoms with van der Waals surface area (Å²) >= 11 is 0. The Morgan fingerprint density at radius 1 is 1.24 bits per heavy atom. The minimum absolute atomic E-state index is 0.325. The van der Waals surface area contributed by atoms with Crippen LogP contribution in [0.2, 0.25) is 0 Å². The fraction of sp³-hybridized carbons (Fsp3) is 0.474. The molecule has 0 spiro atoms. The molecule has 1 heterocycles. The molecule has 2 heteroatoms. The van der Waals surface area contributed by atoms with Crippen molar-refractivity contribution in [3.05, 3.63) is 41.0 Å². The van der Waals surface area contributed by atoms with Gasteiger partial charge in [0.1, 0.15) is 18.0 Å². The molecular weight excluding hydrogens is 260 g/mol. The summed E-state index contributed by atoms with van der Waals surface area (Å²) in [4.78, 5) is 0. The van der Waals surface area contributed by atoms with E-state index in [1.54, 1.807) is 0 Å². The van der Waals surface area contributed by atoms with Crippen LogP contribution in [0.3, 0.4) is 0 Å². The lowest BCUT2D eigenvalue weighted by Gasteiger charge is -2.32. The van der Waals surface area contributed by atoms with E-state index in [0.717, 1.165) is 28.7 Å². The molecule has 3 rings (SSSR count). The van der Waals surface area contributed by atoms with Crippen molar-refractivity contribution in [2.75, 3.05) is 6.61 Å². The number of aryl methyl sites for hydroxylation is 2. The normalized spacial score (nSPS) is 20.9. The fourth-order valence-corrected chi connectivity index (χ4v) is 3.17. The molecule has 1 aliphatic rings. The summed E-state index contributed by atoms with van der Waals surface area (Å²) < 4.78 is 5.87. The predicted octanol–water partition coefficient (Wildman–Crippen LogP) is 4.34. The molecule has 1 atom stereocenters. The van der Waals surface area contributed by atoms with E-state index in [1.807, 2.05) is 6.92 Å². The maximum Gasteiger partial charge on any atom is 0.130 e. The van der Waals surface area contributed by atoms with Gasteiger partial charge in [0, 0.05) is 5.39 Å². The minimum atomic E-state index is -0.907. The van der Waals surface area contributed by atoms with E-state index in [1.165, 1.54) is 17.4 Å². The van der Waals surface area contributed by atoms with Gasteiger partial charge in [-0.05, 0) is 54.7 Å². The first-order chi connectivity index (χ1) is 9.90. The Morgan fingerprint density at radius 3 is 2.71 bits per heavy atom. The molecule has 1 aliphatic heterocycles. The van der Waals surface area contributed by atoms with Crippen molar-refractivity contribution in [2.24, 2.45) is 5.92 Å². The summed E-state index contributed by atoms with van der Waals surface area (Å²) in [5, 5.41) is 12.9. The highest BCUT2D eigenvalue weighted by Crippen LogP contribution is 2.42. The van der Waals surface area contributed by atoms with Crippen LogP contribution in [-0.2, 0) is 12.0 Å². The first-order valence-corrected chi connectivity index (χ1v) is 7.81. The second kappa shape index (κ2) is 5.03. The summed E-state index contributed by atoms with van der Waals surface area (Å²) in [5.74, 6) is 1.64. The lowest BCUT2D eigenvalue weighted by atomic mass is 9.85. The predicted molar refractivity (Wildman–Crippen MR) is 86.9 cm³/mol. The highest BCUT2D eigenvalue weighted by molar-refractivity contribution is 5.96. The van der Waals surface area contributed by atoms with E-state index in [4.69, 9.17) is 4.74 Å². The summed E-state index contributed by atoms with van der Waals surface area (Å²) in [6.07, 6.45) is 2.24. The van der Waals surface area contributed by atoms with Crippen LogP contribution in [0.5, 0.6) is 5.75 Å². The Hall–Kier alpha value is -1.54. The molecule has 112 valence electrons. The molecule has 2 aromatic rings. The van der Waals surface area contributed by atoms with E-state index < -0.39 is 5.60 Å². The van der Waals surface area contributed by atoms with E-state index >= 15 is 0 Å². The fourth-order valence-electron chi connectivity index (χ4n) is 3.17. The minimum Gasteiger partial charge on any atom is -0.489 e. The van der Waals surface area contributed by atoms with Gasteiger partial charge in [0.15, 0.2) is 0 Å². The van der Waals surface area contributed by atoms with Crippen molar-refractivity contribution < 1.29 is 9.84 Å². The van der Waals surface area contributed by atoms with Crippen LogP contribution in [0.15, 0.2) is 24.3 Å². The van der Waals surface area contributed by atoms with Crippen LogP contribution in [0.25, 0.3) is 10.8 Å². The van der Waals surface area contributed by atoms with E-state index in [2.05, 4.69) is 45.0 Å². The highest BCUT2D eigenvalue weighted by atomic mass is 16.5. The van der Waals surface area contributed by atoms with Gasteiger partial charge in [-0.3, -0.25) is 0 Å². The Balaban J connectivity index is 2.22. The monoisotopic (exact) mass is 284 g/mol. The van der Waals surface area contributed by atoms with Gasteiger partial charge < -0.3 is 9.84 Å². The van der Waals surface area contributed by atoms with E-state index in [0.29, 0.717) is 12.5 Å². The van der Waals surface area contributed by atoms with Crippen molar-refractivity contribution in [3.8, 4) is 5.75 Å². The topological polar surface area (TPSA) is 29.5 Å². The molecular formula is C19H24O2. The van der Waals surface area contributed by atoms with E-state index in [9.17, 15) is 5.11 Å². The number of ether oxygens (including phenoxy) is 1. The van der Waals surface area contributed by atoms with Crippen LogP contribution in [0, 0.1) is 12.8 Å². The Bertz CT molecular complexity index is 684. The molecule has 1 N–H and O–H groups in total. The zero-order chi connectivity index (χ0) is 15.2. The maximum atomic E-state index is 10.6. The molecule has 0 bridgehead atoms. The molecule has 2 aromatic carbocycles. The number of aliphatic hydroxyl groups is 1. The van der Waals surface area contributed by atoms with Gasteiger partial charge in [-0.1, -0.05) is 38.1 Å². The van der Waals surface area contributed by atoms with Crippen LogP contribution in [0.4, 0.5) is 0 Å². The number of rotatable bonds is 3. The average Bonchev–Trinajstić information content (AvgIpc) is 2.42. The van der Waals surface area contributed by atoms with Gasteiger partial charge in [-0.25, -0.2) is 0 Å². The molecule has 0 aliphatic carbocycles. The number of hydrogen-bond acceptors (Lipinski definition) is 2. The lowest BCUT2D eigenvalue weighted by molar-refractivity contribution is 0.00352. The number of benzene rings is 2. The largest absolute Gasteiger partial charge is 0.489 e. The van der Waals surface area contributed by atoms with Crippen LogP contribution < -0.4 is 4.74 Å². The van der Waals surface area contributed by atoms with Gasteiger partial charge in [0.2, 0.25) is 0 Å². The maximum absolute atomic E-state index is 10.6. The van der Waals surface area contributed by atoms with Crippen LogP contribution >= 0.6 is 0 Å². The second-order valence-corrected chi connectivity index (χ2v) is 6.90. The van der Waals surface area contributed by atoms with E-state index in [-0.39, 0.29) is 0 Å². The molecule has 0 radical (unpaired) electrons. The average molecular weight is 284 g/mol.